The minimum Gasteiger partial charge on any atom is -0.493 e. The number of piperidine rings is 1. The Labute approximate surface area is 196 Å². The van der Waals surface area contributed by atoms with Gasteiger partial charge in [0.05, 0.1) is 14.2 Å². The second kappa shape index (κ2) is 11.8. The van der Waals surface area contributed by atoms with Crippen LogP contribution in [0.25, 0.3) is 0 Å². The van der Waals surface area contributed by atoms with Gasteiger partial charge in [0.25, 0.3) is 0 Å². The first kappa shape index (κ1) is 24.7. The summed E-state index contributed by atoms with van der Waals surface area (Å²) in [7, 11) is 3.19. The molecule has 2 aliphatic heterocycles. The molecule has 0 spiro atoms. The van der Waals surface area contributed by atoms with Crippen LogP contribution < -0.4 is 14.8 Å². The number of nitrogens with one attached hydrogen (secondary N) is 1. The SMILES string of the molecule is CCC(=O)N1C(C(=O)NCCCN2CCCCC2C)CSC1c1ccc(OC)c(OC)c1. The highest BCUT2D eigenvalue weighted by Gasteiger charge is 2.41. The van der Waals surface area contributed by atoms with E-state index in [0.29, 0.717) is 36.3 Å². The Morgan fingerprint density at radius 2 is 1.97 bits per heavy atom. The Balaban J connectivity index is 1.62. The highest BCUT2D eigenvalue weighted by atomic mass is 32.2. The van der Waals surface area contributed by atoms with E-state index < -0.39 is 6.04 Å². The Kier molecular flexibility index (Phi) is 9.11. The zero-order chi connectivity index (χ0) is 23.1. The average molecular weight is 464 g/mol. The predicted octanol–water partition coefficient (Wildman–Crippen LogP) is 3.44. The van der Waals surface area contributed by atoms with Gasteiger partial charge in [0, 0.05) is 31.3 Å². The lowest BCUT2D eigenvalue weighted by Crippen LogP contribution is -2.48. The predicted molar refractivity (Wildman–Crippen MR) is 128 cm³/mol. The maximum atomic E-state index is 13.0. The monoisotopic (exact) mass is 463 g/mol. The van der Waals surface area contributed by atoms with Crippen molar-refractivity contribution in [3.05, 3.63) is 23.8 Å². The fraction of sp³-hybridized carbons (Fsp3) is 0.667. The topological polar surface area (TPSA) is 71.1 Å². The standard InChI is InChI=1S/C24H37N3O4S/c1-5-22(28)27-19(23(29)25-12-8-14-26-13-7-6-9-17(26)2)16-32-24(27)18-10-11-20(30-3)21(15-18)31-4/h10-11,15,17,19,24H,5-9,12-14,16H2,1-4H3,(H,25,29). The summed E-state index contributed by atoms with van der Waals surface area (Å²) < 4.78 is 10.8. The average Bonchev–Trinajstić information content (AvgIpc) is 3.27. The number of thioether (sulfide) groups is 1. The van der Waals surface area contributed by atoms with Crippen molar-refractivity contribution in [3.8, 4) is 11.5 Å². The van der Waals surface area contributed by atoms with Gasteiger partial charge in [-0.25, -0.2) is 0 Å². The van der Waals surface area contributed by atoms with Crippen molar-refractivity contribution in [2.45, 2.75) is 63.4 Å². The molecule has 0 bridgehead atoms. The molecular formula is C24H37N3O4S. The molecule has 1 N–H and O–H groups in total. The molecule has 3 atom stereocenters. The van der Waals surface area contributed by atoms with Gasteiger partial charge < -0.3 is 24.6 Å². The van der Waals surface area contributed by atoms with Crippen LogP contribution in [0.15, 0.2) is 18.2 Å². The summed E-state index contributed by atoms with van der Waals surface area (Å²) in [4.78, 5) is 30.1. The molecule has 32 heavy (non-hydrogen) atoms. The van der Waals surface area contributed by atoms with Gasteiger partial charge in [-0.3, -0.25) is 9.59 Å². The van der Waals surface area contributed by atoms with Crippen LogP contribution in [0.5, 0.6) is 11.5 Å². The molecule has 2 fully saturated rings. The molecule has 0 aliphatic carbocycles. The molecular weight excluding hydrogens is 426 g/mol. The molecule has 7 nitrogen and oxygen atoms in total. The molecule has 2 saturated heterocycles. The maximum Gasteiger partial charge on any atom is 0.243 e. The van der Waals surface area contributed by atoms with Crippen LogP contribution in [0, 0.1) is 0 Å². The number of carbonyl (C=O) groups excluding carboxylic acids is 2. The number of hydrogen-bond acceptors (Lipinski definition) is 6. The minimum atomic E-state index is -0.459. The van der Waals surface area contributed by atoms with Crippen molar-refractivity contribution < 1.29 is 19.1 Å². The highest BCUT2D eigenvalue weighted by Crippen LogP contribution is 2.44. The smallest absolute Gasteiger partial charge is 0.243 e. The zero-order valence-electron chi connectivity index (χ0n) is 19.8. The molecule has 2 heterocycles. The van der Waals surface area contributed by atoms with E-state index in [1.807, 2.05) is 25.1 Å². The summed E-state index contributed by atoms with van der Waals surface area (Å²) in [5.74, 6) is 1.77. The van der Waals surface area contributed by atoms with Crippen molar-refractivity contribution in [2.75, 3.05) is 39.6 Å². The quantitative estimate of drug-likeness (QED) is 0.566. The van der Waals surface area contributed by atoms with Gasteiger partial charge in [-0.2, -0.15) is 0 Å². The molecule has 0 radical (unpaired) electrons. The molecule has 2 amide bonds. The van der Waals surface area contributed by atoms with Gasteiger partial charge in [-0.15, -0.1) is 11.8 Å². The van der Waals surface area contributed by atoms with Gasteiger partial charge in [-0.05, 0) is 50.4 Å². The first-order chi connectivity index (χ1) is 15.5. The van der Waals surface area contributed by atoms with E-state index >= 15 is 0 Å². The maximum absolute atomic E-state index is 13.0. The van der Waals surface area contributed by atoms with E-state index in [4.69, 9.17) is 9.47 Å². The summed E-state index contributed by atoms with van der Waals surface area (Å²) in [6.07, 6.45) is 5.13. The molecule has 2 aliphatic rings. The van der Waals surface area contributed by atoms with E-state index in [0.717, 1.165) is 25.1 Å². The lowest BCUT2D eigenvalue weighted by molar-refractivity contribution is -0.139. The van der Waals surface area contributed by atoms with E-state index in [2.05, 4.69) is 17.1 Å². The van der Waals surface area contributed by atoms with Crippen LogP contribution in [0.2, 0.25) is 0 Å². The number of hydrogen-bond donors (Lipinski definition) is 1. The summed E-state index contributed by atoms with van der Waals surface area (Å²) in [6, 6.07) is 5.85. The molecule has 0 saturated carbocycles. The van der Waals surface area contributed by atoms with Crippen LogP contribution in [0.4, 0.5) is 0 Å². The number of benzene rings is 1. The van der Waals surface area contributed by atoms with Crippen LogP contribution in [-0.4, -0.2) is 73.3 Å². The van der Waals surface area contributed by atoms with Gasteiger partial charge in [0.15, 0.2) is 11.5 Å². The lowest BCUT2D eigenvalue weighted by atomic mass is 10.0. The van der Waals surface area contributed by atoms with E-state index in [1.54, 1.807) is 30.9 Å². The highest BCUT2D eigenvalue weighted by molar-refractivity contribution is 7.99. The van der Waals surface area contributed by atoms with E-state index in [1.165, 1.54) is 19.3 Å². The van der Waals surface area contributed by atoms with Crippen molar-refractivity contribution in [1.82, 2.24) is 15.1 Å². The van der Waals surface area contributed by atoms with E-state index in [9.17, 15) is 9.59 Å². The van der Waals surface area contributed by atoms with Crippen LogP contribution in [0.1, 0.15) is 56.9 Å². The number of likely N-dealkylation sites (tertiary alicyclic amines) is 1. The Bertz CT molecular complexity index is 791. The fourth-order valence-electron chi connectivity index (χ4n) is 4.56. The first-order valence-electron chi connectivity index (χ1n) is 11.7. The Morgan fingerprint density at radius 1 is 1.19 bits per heavy atom. The zero-order valence-corrected chi connectivity index (χ0v) is 20.6. The Morgan fingerprint density at radius 3 is 2.66 bits per heavy atom. The number of amides is 2. The number of ether oxygens (including phenoxy) is 2. The molecule has 3 unspecified atom stereocenters. The van der Waals surface area contributed by atoms with Gasteiger partial charge in [-0.1, -0.05) is 19.4 Å². The lowest BCUT2D eigenvalue weighted by Gasteiger charge is -2.33. The normalized spacial score (nSPS) is 23.8. The third kappa shape index (κ3) is 5.70. The third-order valence-electron chi connectivity index (χ3n) is 6.45. The molecule has 1 aromatic rings. The molecule has 3 rings (SSSR count). The number of carbonyl (C=O) groups is 2. The molecule has 8 heteroatoms. The largest absolute Gasteiger partial charge is 0.493 e. The minimum absolute atomic E-state index is 0.0166. The number of rotatable bonds is 9. The number of methoxy groups -OCH3 is 2. The van der Waals surface area contributed by atoms with Crippen molar-refractivity contribution in [3.63, 3.8) is 0 Å². The van der Waals surface area contributed by atoms with E-state index in [-0.39, 0.29) is 17.2 Å². The second-order valence-corrected chi connectivity index (χ2v) is 9.61. The van der Waals surface area contributed by atoms with Gasteiger partial charge in [0.2, 0.25) is 11.8 Å². The molecule has 0 aromatic heterocycles. The van der Waals surface area contributed by atoms with Gasteiger partial charge in [0.1, 0.15) is 11.4 Å². The Hall–Kier alpha value is -1.93. The number of nitrogens with zero attached hydrogens (tertiary/aromatic N) is 2. The van der Waals surface area contributed by atoms with Gasteiger partial charge >= 0.3 is 0 Å². The van der Waals surface area contributed by atoms with Crippen molar-refractivity contribution in [2.24, 2.45) is 0 Å². The van der Waals surface area contributed by atoms with Crippen LogP contribution in [-0.2, 0) is 9.59 Å². The molecule has 1 aromatic carbocycles. The van der Waals surface area contributed by atoms with Crippen molar-refractivity contribution >= 4 is 23.6 Å². The van der Waals surface area contributed by atoms with Crippen LogP contribution in [0.3, 0.4) is 0 Å². The second-order valence-electron chi connectivity index (χ2n) is 8.50. The summed E-state index contributed by atoms with van der Waals surface area (Å²) >= 11 is 1.62. The van der Waals surface area contributed by atoms with Crippen molar-refractivity contribution in [1.29, 1.82) is 0 Å². The summed E-state index contributed by atoms with van der Waals surface area (Å²) in [5.41, 5.74) is 0.934. The third-order valence-corrected chi connectivity index (χ3v) is 7.77. The summed E-state index contributed by atoms with van der Waals surface area (Å²) in [6.45, 7) is 6.92. The summed E-state index contributed by atoms with van der Waals surface area (Å²) in [5, 5.41) is 2.87. The first-order valence-corrected chi connectivity index (χ1v) is 12.7. The molecule has 178 valence electrons. The fourth-order valence-corrected chi connectivity index (χ4v) is 6.00. The van der Waals surface area contributed by atoms with Crippen LogP contribution >= 0.6 is 11.8 Å².